The number of amides is 2. The molecule has 0 unspecified atom stereocenters. The molecule has 2 aromatic carbocycles. The summed E-state index contributed by atoms with van der Waals surface area (Å²) in [5.74, 6) is 0.157. The smallest absolute Gasteiger partial charge is 0.248 e. The maximum Gasteiger partial charge on any atom is 0.248 e. The van der Waals surface area contributed by atoms with Crippen LogP contribution >= 0.6 is 11.3 Å². The zero-order valence-electron chi connectivity index (χ0n) is 22.3. The minimum Gasteiger partial charge on any atom is -0.367 e. The molecule has 7 heteroatoms. The number of carbonyl (C=O) groups excluding carboxylic acids is 2. The molecule has 1 saturated heterocycles. The number of hydrogen-bond acceptors (Lipinski definition) is 5. The molecule has 0 spiro atoms. The molecule has 2 aliphatic heterocycles. The second-order valence-electron chi connectivity index (χ2n) is 10.4. The summed E-state index contributed by atoms with van der Waals surface area (Å²) in [5.41, 5.74) is 4.98. The Hall–Kier alpha value is -3.00. The molecule has 2 aliphatic rings. The normalized spacial score (nSPS) is 19.8. The number of hydrogen-bond donors (Lipinski definition) is 0. The number of aryl methyl sites for hydroxylation is 1. The predicted octanol–water partition coefficient (Wildman–Crippen LogP) is 4.67. The molecule has 3 aromatic rings. The molecule has 1 aromatic heterocycles. The van der Waals surface area contributed by atoms with Crippen LogP contribution in [0.15, 0.2) is 66.0 Å². The molecular formula is C31H37N3O3S. The highest BCUT2D eigenvalue weighted by atomic mass is 32.1. The highest BCUT2D eigenvalue weighted by Gasteiger charge is 2.32. The van der Waals surface area contributed by atoms with Crippen LogP contribution < -0.4 is 0 Å². The van der Waals surface area contributed by atoms with Crippen molar-refractivity contribution in [2.75, 3.05) is 39.3 Å². The number of nitrogens with zero attached hydrogens (tertiary/aromatic N) is 3. The number of benzene rings is 2. The van der Waals surface area contributed by atoms with E-state index in [1.165, 1.54) is 21.6 Å². The monoisotopic (exact) mass is 531 g/mol. The van der Waals surface area contributed by atoms with E-state index in [2.05, 4.69) is 47.5 Å². The van der Waals surface area contributed by atoms with Crippen molar-refractivity contribution in [1.82, 2.24) is 14.7 Å². The Morgan fingerprint density at radius 1 is 0.974 bits per heavy atom. The van der Waals surface area contributed by atoms with Gasteiger partial charge in [0.25, 0.3) is 0 Å². The summed E-state index contributed by atoms with van der Waals surface area (Å²) in [4.78, 5) is 33.7. The van der Waals surface area contributed by atoms with E-state index in [-0.39, 0.29) is 30.5 Å². The van der Waals surface area contributed by atoms with Gasteiger partial charge in [0.1, 0.15) is 6.61 Å². The van der Waals surface area contributed by atoms with Crippen LogP contribution in [0.25, 0.3) is 0 Å². The van der Waals surface area contributed by atoms with Crippen molar-refractivity contribution < 1.29 is 14.3 Å². The summed E-state index contributed by atoms with van der Waals surface area (Å²) in [6.07, 6.45) is 1.52. The van der Waals surface area contributed by atoms with E-state index in [1.807, 2.05) is 58.4 Å². The molecule has 2 atom stereocenters. The fourth-order valence-electron chi connectivity index (χ4n) is 5.61. The molecule has 0 bridgehead atoms. The summed E-state index contributed by atoms with van der Waals surface area (Å²) < 4.78 is 5.66. The zero-order chi connectivity index (χ0) is 26.5. The van der Waals surface area contributed by atoms with E-state index < -0.39 is 0 Å². The van der Waals surface area contributed by atoms with Gasteiger partial charge in [-0.25, -0.2) is 0 Å². The molecule has 1 fully saturated rings. The van der Waals surface area contributed by atoms with Crippen LogP contribution in [-0.4, -0.2) is 71.9 Å². The number of ether oxygens (including phenoxy) is 1. The summed E-state index contributed by atoms with van der Waals surface area (Å²) in [5, 5.41) is 2.19. The van der Waals surface area contributed by atoms with E-state index in [0.29, 0.717) is 32.7 Å². The molecule has 0 saturated carbocycles. The van der Waals surface area contributed by atoms with Crippen molar-refractivity contribution in [3.63, 3.8) is 0 Å². The van der Waals surface area contributed by atoms with Crippen molar-refractivity contribution in [3.8, 4) is 0 Å². The van der Waals surface area contributed by atoms with Gasteiger partial charge < -0.3 is 14.5 Å². The Balaban J connectivity index is 1.13. The average molecular weight is 532 g/mol. The van der Waals surface area contributed by atoms with Gasteiger partial charge in [-0.05, 0) is 48.4 Å². The maximum atomic E-state index is 13.2. The molecule has 6 nitrogen and oxygen atoms in total. The van der Waals surface area contributed by atoms with Crippen LogP contribution in [0.5, 0.6) is 0 Å². The number of piperazine rings is 1. The van der Waals surface area contributed by atoms with E-state index in [9.17, 15) is 9.59 Å². The van der Waals surface area contributed by atoms with E-state index in [1.54, 1.807) is 0 Å². The van der Waals surface area contributed by atoms with Gasteiger partial charge in [-0.15, -0.1) is 11.3 Å². The third-order valence-electron chi connectivity index (χ3n) is 7.71. The fourth-order valence-corrected chi connectivity index (χ4v) is 6.52. The van der Waals surface area contributed by atoms with Crippen LogP contribution in [-0.2, 0) is 27.4 Å². The fraction of sp³-hybridized carbons (Fsp3) is 0.419. The first-order valence-electron chi connectivity index (χ1n) is 13.6. The van der Waals surface area contributed by atoms with Gasteiger partial charge in [0.2, 0.25) is 11.8 Å². The van der Waals surface area contributed by atoms with Crippen molar-refractivity contribution in [1.29, 1.82) is 0 Å². The number of rotatable bonds is 8. The Morgan fingerprint density at radius 3 is 2.53 bits per heavy atom. The summed E-state index contributed by atoms with van der Waals surface area (Å²) >= 11 is 1.84. The first kappa shape index (κ1) is 26.6. The lowest BCUT2D eigenvalue weighted by atomic mass is 9.92. The molecule has 3 heterocycles. The van der Waals surface area contributed by atoms with Gasteiger partial charge in [0, 0.05) is 50.1 Å². The lowest BCUT2D eigenvalue weighted by molar-refractivity contribution is -0.146. The van der Waals surface area contributed by atoms with Crippen molar-refractivity contribution in [2.45, 2.75) is 45.4 Å². The van der Waals surface area contributed by atoms with Crippen LogP contribution in [0.2, 0.25) is 0 Å². The second-order valence-corrected chi connectivity index (χ2v) is 11.4. The van der Waals surface area contributed by atoms with Crippen molar-refractivity contribution >= 4 is 23.2 Å². The van der Waals surface area contributed by atoms with Gasteiger partial charge in [0.15, 0.2) is 0 Å². The molecule has 2 amide bonds. The van der Waals surface area contributed by atoms with Crippen molar-refractivity contribution in [2.24, 2.45) is 0 Å². The topological polar surface area (TPSA) is 53.1 Å². The Labute approximate surface area is 229 Å². The highest BCUT2D eigenvalue weighted by Crippen LogP contribution is 2.37. The summed E-state index contributed by atoms with van der Waals surface area (Å²) in [7, 11) is 0. The summed E-state index contributed by atoms with van der Waals surface area (Å²) in [6, 6.07) is 21.1. The maximum absolute atomic E-state index is 13.2. The van der Waals surface area contributed by atoms with Crippen LogP contribution in [0.1, 0.15) is 46.5 Å². The van der Waals surface area contributed by atoms with E-state index in [4.69, 9.17) is 4.74 Å². The Morgan fingerprint density at radius 2 is 1.76 bits per heavy atom. The van der Waals surface area contributed by atoms with Crippen LogP contribution in [0.4, 0.5) is 0 Å². The minimum atomic E-state index is -0.0239. The third-order valence-corrected chi connectivity index (χ3v) is 8.71. The Bertz CT molecular complexity index is 1230. The first-order chi connectivity index (χ1) is 18.5. The van der Waals surface area contributed by atoms with Crippen LogP contribution in [0.3, 0.4) is 0 Å². The standard InChI is InChI=1S/C31H37N3O3S/c1-23-8-10-26(11-9-23)31-27-14-19-38-28(27)12-15-32(31)16-13-29(35)33-17-18-34(24(2)20-33)30(36)22-37-21-25-6-4-3-5-7-25/h3-11,14,19,24,31H,12-13,15-18,20-22H2,1-2H3/t24-,31-/m1/s1. The lowest BCUT2D eigenvalue weighted by Gasteiger charge is -2.40. The van der Waals surface area contributed by atoms with Gasteiger partial charge in [-0.3, -0.25) is 14.5 Å². The molecule has 0 radical (unpaired) electrons. The SMILES string of the molecule is Cc1ccc([C@@H]2c3ccsc3CCN2CCC(=O)N2CCN(C(=O)COCc3ccccc3)[C@H](C)C2)cc1. The summed E-state index contributed by atoms with van der Waals surface area (Å²) in [6.45, 7) is 8.00. The average Bonchev–Trinajstić information content (AvgIpc) is 3.41. The number of carbonyl (C=O) groups is 2. The molecule has 0 aliphatic carbocycles. The lowest BCUT2D eigenvalue weighted by Crippen LogP contribution is -2.56. The van der Waals surface area contributed by atoms with Gasteiger partial charge in [-0.1, -0.05) is 60.2 Å². The highest BCUT2D eigenvalue weighted by molar-refractivity contribution is 7.10. The predicted molar refractivity (Wildman–Crippen MR) is 151 cm³/mol. The quantitative estimate of drug-likeness (QED) is 0.424. The third kappa shape index (κ3) is 6.17. The number of thiophene rings is 1. The van der Waals surface area contributed by atoms with Crippen molar-refractivity contribution in [3.05, 3.63) is 93.2 Å². The molecule has 38 heavy (non-hydrogen) atoms. The number of fused-ring (bicyclic) bond motifs is 1. The molecule has 0 N–H and O–H groups in total. The largest absolute Gasteiger partial charge is 0.367 e. The van der Waals surface area contributed by atoms with Gasteiger partial charge in [0.05, 0.1) is 12.6 Å². The van der Waals surface area contributed by atoms with Crippen LogP contribution in [0, 0.1) is 6.92 Å². The second kappa shape index (κ2) is 12.2. The zero-order valence-corrected chi connectivity index (χ0v) is 23.2. The van der Waals surface area contributed by atoms with E-state index >= 15 is 0 Å². The molecule has 200 valence electrons. The Kier molecular flexibility index (Phi) is 8.57. The van der Waals surface area contributed by atoms with Gasteiger partial charge in [-0.2, -0.15) is 0 Å². The molecule has 5 rings (SSSR count). The first-order valence-corrected chi connectivity index (χ1v) is 14.4. The molecular weight excluding hydrogens is 494 g/mol. The van der Waals surface area contributed by atoms with E-state index in [0.717, 1.165) is 25.1 Å². The van der Waals surface area contributed by atoms with Gasteiger partial charge >= 0.3 is 0 Å². The minimum absolute atomic E-state index is 0.0126.